The number of amides is 1. The number of halogens is 1. The van der Waals surface area contributed by atoms with Gasteiger partial charge in [0.2, 0.25) is 5.91 Å². The zero-order valence-electron chi connectivity index (χ0n) is 9.29. The van der Waals surface area contributed by atoms with Crippen LogP contribution in [0.1, 0.15) is 18.5 Å². The molecule has 0 spiro atoms. The van der Waals surface area contributed by atoms with E-state index in [2.05, 4.69) is 26.2 Å². The highest BCUT2D eigenvalue weighted by Gasteiger charge is 2.52. The van der Waals surface area contributed by atoms with Crippen LogP contribution in [0.3, 0.4) is 0 Å². The Bertz CT molecular complexity index is 499. The van der Waals surface area contributed by atoms with Gasteiger partial charge in [0.05, 0.1) is 16.1 Å². The molecule has 2 rings (SSSR count). The number of anilines is 1. The molecule has 1 amide bonds. The van der Waals surface area contributed by atoms with Gasteiger partial charge < -0.3 is 11.1 Å². The lowest BCUT2D eigenvalue weighted by Gasteiger charge is -2.13. The Morgan fingerprint density at radius 3 is 2.71 bits per heavy atom. The van der Waals surface area contributed by atoms with Gasteiger partial charge in [0.15, 0.2) is 0 Å². The Hall–Kier alpha value is -1.01. The van der Waals surface area contributed by atoms with Gasteiger partial charge in [0, 0.05) is 4.47 Å². The molecule has 1 aromatic heterocycles. The molecule has 1 aliphatic rings. The highest BCUT2D eigenvalue weighted by molar-refractivity contribution is 9.10. The maximum absolute atomic E-state index is 12.0. The molecule has 1 aromatic rings. The van der Waals surface area contributed by atoms with Gasteiger partial charge in [0.25, 0.3) is 0 Å². The lowest BCUT2D eigenvalue weighted by atomic mass is 10.1. The van der Waals surface area contributed by atoms with Crippen molar-refractivity contribution in [3.8, 4) is 0 Å². The van der Waals surface area contributed by atoms with Crippen LogP contribution in [-0.2, 0) is 4.79 Å². The van der Waals surface area contributed by atoms with Gasteiger partial charge in [-0.1, -0.05) is 12.2 Å². The Balaban J connectivity index is 2.14. The number of carbonyl (C=O) groups is 1. The molecule has 1 fully saturated rings. The number of hydrogen-bond acceptors (Lipinski definition) is 3. The van der Waals surface area contributed by atoms with Gasteiger partial charge in [-0.2, -0.15) is 0 Å². The average molecular weight is 314 g/mol. The summed E-state index contributed by atoms with van der Waals surface area (Å²) in [5.74, 6) is 0.373. The minimum absolute atomic E-state index is 0.153. The Labute approximate surface area is 113 Å². The van der Waals surface area contributed by atoms with Crippen LogP contribution in [0.2, 0.25) is 0 Å². The molecule has 17 heavy (non-hydrogen) atoms. The van der Waals surface area contributed by atoms with Crippen molar-refractivity contribution in [2.24, 2.45) is 11.1 Å². The van der Waals surface area contributed by atoms with Crippen LogP contribution in [0.25, 0.3) is 0 Å². The van der Waals surface area contributed by atoms with Crippen LogP contribution in [0.15, 0.2) is 16.6 Å². The van der Waals surface area contributed by atoms with E-state index in [1.54, 1.807) is 6.07 Å². The number of nitrogens with zero attached hydrogens (tertiary/aromatic N) is 1. The van der Waals surface area contributed by atoms with E-state index in [9.17, 15) is 4.79 Å². The van der Waals surface area contributed by atoms with E-state index in [1.807, 2.05) is 13.0 Å². The molecule has 0 aliphatic heterocycles. The fourth-order valence-corrected chi connectivity index (χ4v) is 2.08. The minimum atomic E-state index is -0.641. The lowest BCUT2D eigenvalue weighted by molar-refractivity contribution is -0.118. The van der Waals surface area contributed by atoms with Crippen molar-refractivity contribution < 1.29 is 4.79 Å². The normalized spacial score (nSPS) is 16.4. The molecule has 3 N–H and O–H groups in total. The second-order valence-electron chi connectivity index (χ2n) is 4.16. The first kappa shape index (κ1) is 12.4. The third kappa shape index (κ3) is 2.32. The molecule has 1 saturated carbocycles. The largest absolute Gasteiger partial charge is 0.392 e. The van der Waals surface area contributed by atoms with Crippen molar-refractivity contribution in [3.63, 3.8) is 0 Å². The first-order valence-corrected chi connectivity index (χ1v) is 6.40. The number of aromatic nitrogens is 1. The van der Waals surface area contributed by atoms with Crippen LogP contribution in [0, 0.1) is 12.3 Å². The summed E-state index contributed by atoms with van der Waals surface area (Å²) in [6.07, 6.45) is 1.45. The van der Waals surface area contributed by atoms with Crippen molar-refractivity contribution in [2.75, 3.05) is 5.32 Å². The number of rotatable bonds is 3. The van der Waals surface area contributed by atoms with Gasteiger partial charge in [-0.3, -0.25) is 4.79 Å². The van der Waals surface area contributed by atoms with E-state index in [1.165, 1.54) is 0 Å². The lowest BCUT2D eigenvalue weighted by Crippen LogP contribution is -2.35. The van der Waals surface area contributed by atoms with E-state index >= 15 is 0 Å². The highest BCUT2D eigenvalue weighted by Crippen LogP contribution is 2.46. The Morgan fingerprint density at radius 1 is 1.59 bits per heavy atom. The summed E-state index contributed by atoms with van der Waals surface area (Å²) in [5, 5.41) is 2.76. The third-order valence-electron chi connectivity index (χ3n) is 2.92. The molecule has 0 aromatic carbocycles. The molecular weight excluding hydrogens is 302 g/mol. The second-order valence-corrected chi connectivity index (χ2v) is 5.46. The second kappa shape index (κ2) is 4.34. The third-order valence-corrected chi connectivity index (χ3v) is 4.15. The maximum atomic E-state index is 12.0. The fraction of sp³-hybridized carbons (Fsp3) is 0.364. The summed E-state index contributed by atoms with van der Waals surface area (Å²) in [5.41, 5.74) is 5.77. The number of pyridine rings is 1. The molecule has 4 nitrogen and oxygen atoms in total. The van der Waals surface area contributed by atoms with E-state index in [0.717, 1.165) is 23.0 Å². The highest BCUT2D eigenvalue weighted by atomic mass is 79.9. The molecule has 1 aliphatic carbocycles. The topological polar surface area (TPSA) is 68.0 Å². The van der Waals surface area contributed by atoms with Crippen molar-refractivity contribution >= 4 is 44.9 Å². The summed E-state index contributed by atoms with van der Waals surface area (Å²) in [4.78, 5) is 16.5. The molecule has 0 saturated heterocycles. The SMILES string of the molecule is Cc1nc(NC(=O)C2(C(N)=S)CC2)ccc1Br. The van der Waals surface area contributed by atoms with Gasteiger partial charge in [-0.15, -0.1) is 0 Å². The van der Waals surface area contributed by atoms with Crippen molar-refractivity contribution in [2.45, 2.75) is 19.8 Å². The zero-order chi connectivity index (χ0) is 12.6. The van der Waals surface area contributed by atoms with Gasteiger partial charge in [0.1, 0.15) is 5.82 Å². The molecule has 0 radical (unpaired) electrons. The standard InChI is InChI=1S/C11H12BrN3OS/c1-6-7(12)2-3-8(14-6)15-10(16)11(4-5-11)9(13)17/h2-3H,4-5H2,1H3,(H2,13,17)(H,14,15,16). The minimum Gasteiger partial charge on any atom is -0.392 e. The smallest absolute Gasteiger partial charge is 0.238 e. The molecule has 0 unspecified atom stereocenters. The van der Waals surface area contributed by atoms with E-state index in [-0.39, 0.29) is 10.9 Å². The fourth-order valence-electron chi connectivity index (χ4n) is 1.56. The Morgan fingerprint density at radius 2 is 2.24 bits per heavy atom. The first-order chi connectivity index (χ1) is 7.95. The van der Waals surface area contributed by atoms with Crippen LogP contribution in [0.5, 0.6) is 0 Å². The van der Waals surface area contributed by atoms with Crippen molar-refractivity contribution in [3.05, 3.63) is 22.3 Å². The summed E-state index contributed by atoms with van der Waals surface area (Å²) in [7, 11) is 0. The predicted octanol–water partition coefficient (Wildman–Crippen LogP) is 2.16. The maximum Gasteiger partial charge on any atom is 0.238 e. The number of carbonyl (C=O) groups excluding carboxylic acids is 1. The van der Waals surface area contributed by atoms with Gasteiger partial charge in [-0.05, 0) is 47.8 Å². The zero-order valence-corrected chi connectivity index (χ0v) is 11.7. The number of nitrogens with one attached hydrogen (secondary N) is 1. The number of nitrogens with two attached hydrogens (primary N) is 1. The van der Waals surface area contributed by atoms with Crippen LogP contribution in [0.4, 0.5) is 5.82 Å². The quantitative estimate of drug-likeness (QED) is 0.839. The van der Waals surface area contributed by atoms with Crippen LogP contribution in [-0.4, -0.2) is 15.9 Å². The van der Waals surface area contributed by atoms with Crippen LogP contribution < -0.4 is 11.1 Å². The van der Waals surface area contributed by atoms with E-state index in [4.69, 9.17) is 18.0 Å². The molecule has 0 atom stereocenters. The number of thiocarbonyl (C=S) groups is 1. The molecule has 1 heterocycles. The summed E-state index contributed by atoms with van der Waals surface area (Å²) in [6.45, 7) is 1.86. The monoisotopic (exact) mass is 313 g/mol. The van der Waals surface area contributed by atoms with Crippen molar-refractivity contribution in [1.29, 1.82) is 0 Å². The Kier molecular flexibility index (Phi) is 3.18. The average Bonchev–Trinajstić information content (AvgIpc) is 3.04. The van der Waals surface area contributed by atoms with Crippen LogP contribution >= 0.6 is 28.1 Å². The molecule has 6 heteroatoms. The molecule has 90 valence electrons. The summed E-state index contributed by atoms with van der Waals surface area (Å²) < 4.78 is 0.908. The van der Waals surface area contributed by atoms with Gasteiger partial charge in [-0.25, -0.2) is 4.98 Å². The van der Waals surface area contributed by atoms with E-state index in [0.29, 0.717) is 5.82 Å². The number of aryl methyl sites for hydroxylation is 1. The van der Waals surface area contributed by atoms with Gasteiger partial charge >= 0.3 is 0 Å². The predicted molar refractivity (Wildman–Crippen MR) is 73.8 cm³/mol. The summed E-state index contributed by atoms with van der Waals surface area (Å²) >= 11 is 8.28. The molecular formula is C11H12BrN3OS. The first-order valence-electron chi connectivity index (χ1n) is 5.20. The molecule has 0 bridgehead atoms. The number of hydrogen-bond donors (Lipinski definition) is 2. The van der Waals surface area contributed by atoms with E-state index < -0.39 is 5.41 Å². The van der Waals surface area contributed by atoms with Crippen molar-refractivity contribution in [1.82, 2.24) is 4.98 Å². The summed E-state index contributed by atoms with van der Waals surface area (Å²) in [6, 6.07) is 3.59.